The lowest BCUT2D eigenvalue weighted by atomic mass is 10.2. The van der Waals surface area contributed by atoms with Crippen molar-refractivity contribution in [2.45, 2.75) is 18.9 Å². The van der Waals surface area contributed by atoms with Gasteiger partial charge in [-0.3, -0.25) is 0 Å². The van der Waals surface area contributed by atoms with Crippen LogP contribution in [0.1, 0.15) is 12.8 Å². The van der Waals surface area contributed by atoms with Gasteiger partial charge in [0.1, 0.15) is 0 Å². The van der Waals surface area contributed by atoms with E-state index in [1.54, 1.807) is 0 Å². The molecule has 4 N–H and O–H groups in total. The van der Waals surface area contributed by atoms with Gasteiger partial charge < -0.3 is 30.6 Å². The zero-order valence-corrected chi connectivity index (χ0v) is 17.7. The first-order valence-corrected chi connectivity index (χ1v) is 10.6. The molecule has 1 aromatic carbocycles. The summed E-state index contributed by atoms with van der Waals surface area (Å²) >= 11 is 6.00. The summed E-state index contributed by atoms with van der Waals surface area (Å²) in [6, 6.07) is 7.40. The van der Waals surface area contributed by atoms with E-state index in [2.05, 4.69) is 25.6 Å². The van der Waals surface area contributed by atoms with Crippen molar-refractivity contribution in [3.63, 3.8) is 0 Å². The molecule has 1 aliphatic heterocycles. The molecule has 1 aliphatic rings. The maximum Gasteiger partial charge on any atom is 0.228 e. The fourth-order valence-electron chi connectivity index (χ4n) is 2.91. The summed E-state index contributed by atoms with van der Waals surface area (Å²) in [6.45, 7) is 4.64. The maximum absolute atomic E-state index is 6.00. The summed E-state index contributed by atoms with van der Waals surface area (Å²) in [5, 5.41) is 7.12. The van der Waals surface area contributed by atoms with Crippen molar-refractivity contribution < 1.29 is 14.2 Å². The van der Waals surface area contributed by atoms with E-state index in [0.29, 0.717) is 68.8 Å². The average Bonchev–Trinajstić information content (AvgIpc) is 3.28. The van der Waals surface area contributed by atoms with Crippen LogP contribution in [0.4, 0.5) is 11.9 Å². The van der Waals surface area contributed by atoms with Gasteiger partial charge in [0.15, 0.2) is 5.82 Å². The second kappa shape index (κ2) is 12.6. The molecule has 0 amide bonds. The fraction of sp³-hybridized carbons (Fsp3) is 0.550. The molecule has 1 aromatic heterocycles. The van der Waals surface area contributed by atoms with E-state index < -0.39 is 0 Å². The minimum absolute atomic E-state index is 0.187. The molecule has 1 atom stereocenters. The van der Waals surface area contributed by atoms with Crippen LogP contribution in [-0.4, -0.2) is 73.7 Å². The molecule has 30 heavy (non-hydrogen) atoms. The Bertz CT molecular complexity index is 759. The quantitative estimate of drug-likeness (QED) is 0.406. The van der Waals surface area contributed by atoms with Gasteiger partial charge in [-0.25, -0.2) is 0 Å². The predicted octanol–water partition coefficient (Wildman–Crippen LogP) is 2.19. The number of hydrogen-bond acceptors (Lipinski definition) is 9. The van der Waals surface area contributed by atoms with Crippen molar-refractivity contribution in [1.29, 1.82) is 0 Å². The topological polar surface area (TPSA) is 116 Å². The van der Waals surface area contributed by atoms with Gasteiger partial charge in [-0.1, -0.05) is 11.6 Å². The average molecular weight is 437 g/mol. The Hall–Kier alpha value is -2.04. The van der Waals surface area contributed by atoms with Gasteiger partial charge in [-0.15, -0.1) is 0 Å². The first kappa shape index (κ1) is 22.6. The molecule has 2 aromatic rings. The van der Waals surface area contributed by atoms with Gasteiger partial charge in [0, 0.05) is 36.8 Å². The van der Waals surface area contributed by atoms with Crippen LogP contribution in [0.3, 0.4) is 0 Å². The summed E-state index contributed by atoms with van der Waals surface area (Å²) in [6.07, 6.45) is 2.32. The Labute approximate surface area is 181 Å². The lowest BCUT2D eigenvalue weighted by Gasteiger charge is -2.13. The number of nitrogens with one attached hydrogen (secondary N) is 2. The fourth-order valence-corrected chi connectivity index (χ4v) is 3.04. The third kappa shape index (κ3) is 7.66. The molecule has 0 aliphatic carbocycles. The predicted molar refractivity (Wildman–Crippen MR) is 117 cm³/mol. The summed E-state index contributed by atoms with van der Waals surface area (Å²) < 4.78 is 16.5. The Balaban J connectivity index is 1.58. The van der Waals surface area contributed by atoms with Crippen molar-refractivity contribution >= 4 is 23.5 Å². The van der Waals surface area contributed by atoms with Crippen molar-refractivity contribution in [1.82, 2.24) is 15.0 Å². The summed E-state index contributed by atoms with van der Waals surface area (Å²) in [5.41, 5.74) is 6.23. The highest BCUT2D eigenvalue weighted by Crippen LogP contribution is 2.21. The van der Waals surface area contributed by atoms with Gasteiger partial charge in [-0.2, -0.15) is 15.0 Å². The Morgan fingerprint density at radius 2 is 1.73 bits per heavy atom. The molecule has 164 valence electrons. The first-order chi connectivity index (χ1) is 14.7. The van der Waals surface area contributed by atoms with Gasteiger partial charge in [0.2, 0.25) is 11.9 Å². The molecule has 0 spiro atoms. The molecule has 2 heterocycles. The van der Waals surface area contributed by atoms with Crippen molar-refractivity contribution in [3.05, 3.63) is 29.3 Å². The number of aromatic nitrogens is 3. The second-order valence-electron chi connectivity index (χ2n) is 6.77. The molecule has 1 saturated heterocycles. The minimum atomic E-state index is 0.187. The van der Waals surface area contributed by atoms with E-state index in [4.69, 9.17) is 31.5 Å². The van der Waals surface area contributed by atoms with E-state index in [-0.39, 0.29) is 6.10 Å². The lowest BCUT2D eigenvalue weighted by molar-refractivity contribution is 0.0547. The molecular weight excluding hydrogens is 408 g/mol. The van der Waals surface area contributed by atoms with Crippen LogP contribution in [-0.2, 0) is 14.2 Å². The molecule has 0 bridgehead atoms. The monoisotopic (exact) mass is 436 g/mol. The summed E-state index contributed by atoms with van der Waals surface area (Å²) in [5.74, 6) is 1.55. The number of benzene rings is 1. The second-order valence-corrected chi connectivity index (χ2v) is 7.21. The highest BCUT2D eigenvalue weighted by Gasteiger charge is 2.16. The number of rotatable bonds is 13. The Kier molecular flexibility index (Phi) is 9.52. The van der Waals surface area contributed by atoms with Gasteiger partial charge in [-0.05, 0) is 37.1 Å². The van der Waals surface area contributed by atoms with Gasteiger partial charge >= 0.3 is 0 Å². The van der Waals surface area contributed by atoms with E-state index in [1.165, 1.54) is 0 Å². The molecule has 1 fully saturated rings. The molecule has 0 radical (unpaired) electrons. The van der Waals surface area contributed by atoms with Crippen molar-refractivity contribution in [2.24, 2.45) is 5.73 Å². The largest absolute Gasteiger partial charge is 0.378 e. The van der Waals surface area contributed by atoms with E-state index in [1.807, 2.05) is 24.3 Å². The standard InChI is InChI=1S/C20H29ClN6O3/c21-16-5-3-15(4-6-16)18-25-19(23-8-11-29-13-12-28-10-7-22)27-20(26-18)24-14-17-2-1-9-30-17/h3-6,17H,1-2,7-14,22H2,(H2,23,24,25,26,27). The normalized spacial score (nSPS) is 16.0. The van der Waals surface area contributed by atoms with Crippen LogP contribution in [0, 0.1) is 0 Å². The number of anilines is 2. The molecule has 1 unspecified atom stereocenters. The number of nitrogens with two attached hydrogens (primary N) is 1. The van der Waals surface area contributed by atoms with Crippen molar-refractivity contribution in [2.75, 3.05) is 63.3 Å². The molecule has 3 rings (SSSR count). The number of hydrogen-bond donors (Lipinski definition) is 3. The van der Waals surface area contributed by atoms with Gasteiger partial charge in [0.25, 0.3) is 0 Å². The summed E-state index contributed by atoms with van der Waals surface area (Å²) in [7, 11) is 0. The molecular formula is C20H29ClN6O3. The SMILES string of the molecule is NCCOCCOCCNc1nc(NCC2CCCO2)nc(-c2ccc(Cl)cc2)n1. The van der Waals surface area contributed by atoms with Crippen LogP contribution in [0.25, 0.3) is 11.4 Å². The minimum Gasteiger partial charge on any atom is -0.378 e. The van der Waals surface area contributed by atoms with Crippen LogP contribution in [0.5, 0.6) is 0 Å². The van der Waals surface area contributed by atoms with Crippen LogP contribution < -0.4 is 16.4 Å². The molecule has 9 nitrogen and oxygen atoms in total. The van der Waals surface area contributed by atoms with Crippen LogP contribution in [0.15, 0.2) is 24.3 Å². The number of halogens is 1. The Morgan fingerprint density at radius 1 is 1.00 bits per heavy atom. The first-order valence-electron chi connectivity index (χ1n) is 10.2. The zero-order valence-electron chi connectivity index (χ0n) is 17.0. The zero-order chi connectivity index (χ0) is 21.0. The lowest BCUT2D eigenvalue weighted by Crippen LogP contribution is -2.21. The highest BCUT2D eigenvalue weighted by atomic mass is 35.5. The maximum atomic E-state index is 6.00. The van der Waals surface area contributed by atoms with E-state index >= 15 is 0 Å². The third-order valence-electron chi connectivity index (χ3n) is 4.41. The van der Waals surface area contributed by atoms with Gasteiger partial charge in [0.05, 0.1) is 32.5 Å². The van der Waals surface area contributed by atoms with Crippen LogP contribution >= 0.6 is 11.6 Å². The third-order valence-corrected chi connectivity index (χ3v) is 4.67. The van der Waals surface area contributed by atoms with Crippen molar-refractivity contribution in [3.8, 4) is 11.4 Å². The van der Waals surface area contributed by atoms with E-state index in [0.717, 1.165) is 25.0 Å². The highest BCUT2D eigenvalue weighted by molar-refractivity contribution is 6.30. The number of ether oxygens (including phenoxy) is 3. The smallest absolute Gasteiger partial charge is 0.228 e. The Morgan fingerprint density at radius 3 is 2.43 bits per heavy atom. The molecule has 10 heteroatoms. The van der Waals surface area contributed by atoms with Crippen LogP contribution in [0.2, 0.25) is 5.02 Å². The van der Waals surface area contributed by atoms with E-state index in [9.17, 15) is 0 Å². The number of nitrogens with zero attached hydrogens (tertiary/aromatic N) is 3. The summed E-state index contributed by atoms with van der Waals surface area (Å²) in [4.78, 5) is 13.6. The molecule has 0 saturated carbocycles.